The van der Waals surface area contributed by atoms with Crippen molar-refractivity contribution < 1.29 is 5.11 Å². The Morgan fingerprint density at radius 3 is 2.29 bits per heavy atom. The van der Waals surface area contributed by atoms with Gasteiger partial charge in [0.1, 0.15) is 0 Å². The van der Waals surface area contributed by atoms with E-state index < -0.39 is 5.60 Å². The molecule has 0 spiro atoms. The number of rotatable bonds is 4. The fraction of sp³-hybridized carbons (Fsp3) is 0.538. The molecule has 0 aliphatic carbocycles. The minimum absolute atomic E-state index is 0.525. The van der Waals surface area contributed by atoms with Crippen LogP contribution in [0.25, 0.3) is 0 Å². The van der Waals surface area contributed by atoms with Gasteiger partial charge in [-0.25, -0.2) is 0 Å². The van der Waals surface area contributed by atoms with E-state index in [-0.39, 0.29) is 0 Å². The maximum atomic E-state index is 9.67. The van der Waals surface area contributed by atoms with Crippen molar-refractivity contribution in [2.24, 2.45) is 5.92 Å². The number of hydrogen-bond donors (Lipinski definition) is 1. The molecule has 0 aliphatic heterocycles. The van der Waals surface area contributed by atoms with Crippen molar-refractivity contribution in [3.05, 3.63) is 35.9 Å². The SMILES string of the molecule is CC(Cc1ccccc1)CC(C)(C)O. The first kappa shape index (κ1) is 11.3. The topological polar surface area (TPSA) is 20.2 Å². The lowest BCUT2D eigenvalue weighted by Crippen LogP contribution is -2.22. The van der Waals surface area contributed by atoms with Gasteiger partial charge in [0.05, 0.1) is 5.60 Å². The van der Waals surface area contributed by atoms with Crippen molar-refractivity contribution in [3.8, 4) is 0 Å². The highest BCUT2D eigenvalue weighted by Crippen LogP contribution is 2.19. The molecule has 0 saturated carbocycles. The van der Waals surface area contributed by atoms with Crippen LogP contribution >= 0.6 is 0 Å². The normalized spacial score (nSPS) is 14.0. The van der Waals surface area contributed by atoms with E-state index in [9.17, 15) is 5.11 Å². The first-order valence-corrected chi connectivity index (χ1v) is 5.24. The maximum absolute atomic E-state index is 9.67. The molecule has 1 rings (SSSR count). The van der Waals surface area contributed by atoms with E-state index in [4.69, 9.17) is 0 Å². The van der Waals surface area contributed by atoms with E-state index in [0.29, 0.717) is 5.92 Å². The van der Waals surface area contributed by atoms with Gasteiger partial charge in [-0.3, -0.25) is 0 Å². The smallest absolute Gasteiger partial charge is 0.0594 e. The molecule has 1 nitrogen and oxygen atoms in total. The van der Waals surface area contributed by atoms with Crippen LogP contribution in [0.4, 0.5) is 0 Å². The average molecular weight is 192 g/mol. The zero-order valence-corrected chi connectivity index (χ0v) is 9.33. The molecule has 0 aliphatic rings. The molecular formula is C13H20O. The van der Waals surface area contributed by atoms with E-state index in [2.05, 4.69) is 31.2 Å². The second-order valence-electron chi connectivity index (χ2n) is 4.81. The molecule has 1 heteroatoms. The third kappa shape index (κ3) is 4.43. The lowest BCUT2D eigenvalue weighted by molar-refractivity contribution is 0.0553. The van der Waals surface area contributed by atoms with Gasteiger partial charge in [0.2, 0.25) is 0 Å². The maximum Gasteiger partial charge on any atom is 0.0594 e. The standard InChI is InChI=1S/C13H20O/c1-11(10-13(2,3)14)9-12-7-5-4-6-8-12/h4-8,11,14H,9-10H2,1-3H3. The second-order valence-corrected chi connectivity index (χ2v) is 4.81. The van der Waals surface area contributed by atoms with Gasteiger partial charge in [0.25, 0.3) is 0 Å². The average Bonchev–Trinajstić information content (AvgIpc) is 2.02. The van der Waals surface area contributed by atoms with Crippen LogP contribution in [0.15, 0.2) is 30.3 Å². The van der Waals surface area contributed by atoms with Gasteiger partial charge >= 0.3 is 0 Å². The van der Waals surface area contributed by atoms with E-state index in [0.717, 1.165) is 12.8 Å². The lowest BCUT2D eigenvalue weighted by atomic mass is 9.90. The van der Waals surface area contributed by atoms with E-state index >= 15 is 0 Å². The summed E-state index contributed by atoms with van der Waals surface area (Å²) < 4.78 is 0. The molecule has 1 aromatic carbocycles. The fourth-order valence-electron chi connectivity index (χ4n) is 1.94. The first-order chi connectivity index (χ1) is 6.47. The summed E-state index contributed by atoms with van der Waals surface area (Å²) in [6.07, 6.45) is 1.90. The monoisotopic (exact) mass is 192 g/mol. The molecule has 0 radical (unpaired) electrons. The predicted octanol–water partition coefficient (Wildman–Crippen LogP) is 3.03. The van der Waals surface area contributed by atoms with Gasteiger partial charge in [-0.2, -0.15) is 0 Å². The van der Waals surface area contributed by atoms with E-state index in [1.54, 1.807) is 0 Å². The highest BCUT2D eigenvalue weighted by Gasteiger charge is 2.17. The van der Waals surface area contributed by atoms with Gasteiger partial charge in [0, 0.05) is 0 Å². The van der Waals surface area contributed by atoms with Crippen LogP contribution in [0, 0.1) is 5.92 Å². The Morgan fingerprint density at radius 1 is 1.21 bits per heavy atom. The Balaban J connectivity index is 2.46. The van der Waals surface area contributed by atoms with Gasteiger partial charge in [-0.1, -0.05) is 37.3 Å². The third-order valence-corrected chi connectivity index (χ3v) is 2.27. The predicted molar refractivity (Wildman–Crippen MR) is 60.2 cm³/mol. The Morgan fingerprint density at radius 2 is 1.79 bits per heavy atom. The van der Waals surface area contributed by atoms with Crippen LogP contribution in [0.5, 0.6) is 0 Å². The van der Waals surface area contributed by atoms with Crippen LogP contribution in [-0.4, -0.2) is 10.7 Å². The van der Waals surface area contributed by atoms with E-state index in [1.807, 2.05) is 19.9 Å². The van der Waals surface area contributed by atoms with Gasteiger partial charge in [-0.05, 0) is 38.2 Å². The first-order valence-electron chi connectivity index (χ1n) is 5.24. The Hall–Kier alpha value is -0.820. The van der Waals surface area contributed by atoms with Gasteiger partial charge in [0.15, 0.2) is 0 Å². The summed E-state index contributed by atoms with van der Waals surface area (Å²) in [6, 6.07) is 10.4. The van der Waals surface area contributed by atoms with E-state index in [1.165, 1.54) is 5.56 Å². The summed E-state index contributed by atoms with van der Waals surface area (Å²) >= 11 is 0. The van der Waals surface area contributed by atoms with Crippen LogP contribution in [0.2, 0.25) is 0 Å². The summed E-state index contributed by atoms with van der Waals surface area (Å²) in [6.45, 7) is 5.92. The molecule has 0 saturated heterocycles. The molecule has 14 heavy (non-hydrogen) atoms. The Kier molecular flexibility index (Phi) is 3.70. The van der Waals surface area contributed by atoms with Gasteiger partial charge < -0.3 is 5.11 Å². The summed E-state index contributed by atoms with van der Waals surface area (Å²) in [7, 11) is 0. The van der Waals surface area contributed by atoms with Crippen molar-refractivity contribution in [2.45, 2.75) is 39.2 Å². The summed E-state index contributed by atoms with van der Waals surface area (Å²) in [4.78, 5) is 0. The second kappa shape index (κ2) is 4.61. The number of aliphatic hydroxyl groups is 1. The van der Waals surface area contributed by atoms with Crippen molar-refractivity contribution in [2.75, 3.05) is 0 Å². The summed E-state index contributed by atoms with van der Waals surface area (Å²) in [5.74, 6) is 0.525. The Labute approximate surface area is 86.8 Å². The highest BCUT2D eigenvalue weighted by atomic mass is 16.3. The number of hydrogen-bond acceptors (Lipinski definition) is 1. The third-order valence-electron chi connectivity index (χ3n) is 2.27. The largest absolute Gasteiger partial charge is 0.390 e. The molecule has 0 aromatic heterocycles. The van der Waals surface area contributed by atoms with Crippen LogP contribution < -0.4 is 0 Å². The molecule has 1 aromatic rings. The van der Waals surface area contributed by atoms with Crippen LogP contribution in [-0.2, 0) is 6.42 Å². The molecule has 0 bridgehead atoms. The minimum Gasteiger partial charge on any atom is -0.390 e. The zero-order valence-electron chi connectivity index (χ0n) is 9.33. The summed E-state index contributed by atoms with van der Waals surface area (Å²) in [5, 5.41) is 9.67. The molecule has 78 valence electrons. The van der Waals surface area contributed by atoms with Crippen LogP contribution in [0.1, 0.15) is 32.8 Å². The van der Waals surface area contributed by atoms with Crippen LogP contribution in [0.3, 0.4) is 0 Å². The highest BCUT2D eigenvalue weighted by molar-refractivity contribution is 5.15. The fourth-order valence-corrected chi connectivity index (χ4v) is 1.94. The molecule has 1 atom stereocenters. The summed E-state index contributed by atoms with van der Waals surface area (Å²) in [5.41, 5.74) is 0.804. The quantitative estimate of drug-likeness (QED) is 0.777. The van der Waals surface area contributed by atoms with Gasteiger partial charge in [-0.15, -0.1) is 0 Å². The molecule has 1 unspecified atom stereocenters. The molecule has 0 amide bonds. The molecule has 0 heterocycles. The Bertz CT molecular complexity index is 258. The molecule has 0 fully saturated rings. The van der Waals surface area contributed by atoms with Crippen molar-refractivity contribution in [1.29, 1.82) is 0 Å². The minimum atomic E-state index is -0.547. The van der Waals surface area contributed by atoms with Crippen molar-refractivity contribution in [3.63, 3.8) is 0 Å². The number of benzene rings is 1. The lowest BCUT2D eigenvalue weighted by Gasteiger charge is -2.22. The molecular weight excluding hydrogens is 172 g/mol. The van der Waals surface area contributed by atoms with Crippen molar-refractivity contribution in [1.82, 2.24) is 0 Å². The zero-order chi connectivity index (χ0) is 10.6. The van der Waals surface area contributed by atoms with Crippen molar-refractivity contribution >= 4 is 0 Å². The molecule has 1 N–H and O–H groups in total.